The molecule has 4 heteroatoms. The van der Waals surface area contributed by atoms with Crippen molar-refractivity contribution < 1.29 is 9.63 Å². The molecule has 1 aliphatic rings. The number of rotatable bonds is 11. The molecule has 2 aromatic rings. The molecule has 0 radical (unpaired) electrons. The number of nitrogens with zero attached hydrogens (tertiary/aromatic N) is 1. The molecule has 0 unspecified atom stereocenters. The van der Waals surface area contributed by atoms with Crippen molar-refractivity contribution >= 4 is 11.7 Å². The third kappa shape index (κ3) is 5.59. The van der Waals surface area contributed by atoms with E-state index < -0.39 is 0 Å². The Morgan fingerprint density at radius 2 is 1.54 bits per heavy atom. The Labute approximate surface area is 168 Å². The standard InChI is InChI=1S/C24H32N2O2/c1-2-3-4-5-6-7-8-9-18-24(27)28-25-26-19-20-14-10-11-15-21(20)22-16-12-13-17-23(22)26/h10-17,25H,2-9,18-19H2,1H3. The summed E-state index contributed by atoms with van der Waals surface area (Å²) >= 11 is 0. The van der Waals surface area contributed by atoms with E-state index in [0.29, 0.717) is 13.0 Å². The van der Waals surface area contributed by atoms with Crippen LogP contribution in [0, 0.1) is 0 Å². The normalized spacial score (nSPS) is 12.4. The van der Waals surface area contributed by atoms with Gasteiger partial charge in [-0.05, 0) is 23.6 Å². The van der Waals surface area contributed by atoms with Crippen LogP contribution in [0.2, 0.25) is 0 Å². The van der Waals surface area contributed by atoms with Gasteiger partial charge in [-0.2, -0.15) is 0 Å². The number of hydrazine groups is 1. The maximum absolute atomic E-state index is 12.1. The molecular formula is C24H32N2O2. The Balaban J connectivity index is 1.42. The molecular weight excluding hydrogens is 348 g/mol. The number of anilines is 1. The van der Waals surface area contributed by atoms with E-state index in [0.717, 1.165) is 24.1 Å². The number of hydrogen-bond acceptors (Lipinski definition) is 4. The summed E-state index contributed by atoms with van der Waals surface area (Å²) in [6.45, 7) is 2.90. The largest absolute Gasteiger partial charge is 0.351 e. The highest BCUT2D eigenvalue weighted by Gasteiger charge is 2.22. The van der Waals surface area contributed by atoms with Gasteiger partial charge >= 0.3 is 5.97 Å². The monoisotopic (exact) mass is 380 g/mol. The van der Waals surface area contributed by atoms with Gasteiger partial charge in [-0.25, -0.2) is 0 Å². The first-order valence-corrected chi connectivity index (χ1v) is 10.7. The van der Waals surface area contributed by atoms with Gasteiger partial charge in [-0.1, -0.05) is 99.9 Å². The van der Waals surface area contributed by atoms with E-state index in [4.69, 9.17) is 4.84 Å². The molecule has 0 atom stereocenters. The maximum Gasteiger partial charge on any atom is 0.327 e. The van der Waals surface area contributed by atoms with Crippen LogP contribution in [-0.4, -0.2) is 5.97 Å². The molecule has 0 fully saturated rings. The van der Waals surface area contributed by atoms with Crippen molar-refractivity contribution in [3.63, 3.8) is 0 Å². The quantitative estimate of drug-likeness (QED) is 0.374. The molecule has 4 nitrogen and oxygen atoms in total. The summed E-state index contributed by atoms with van der Waals surface area (Å²) in [4.78, 5) is 17.5. The average molecular weight is 381 g/mol. The smallest absolute Gasteiger partial charge is 0.327 e. The summed E-state index contributed by atoms with van der Waals surface area (Å²) in [5, 5.41) is 1.91. The summed E-state index contributed by atoms with van der Waals surface area (Å²) in [5.74, 6) is -0.192. The lowest BCUT2D eigenvalue weighted by molar-refractivity contribution is -0.151. The number of para-hydroxylation sites is 1. The number of unbranched alkanes of at least 4 members (excludes halogenated alkanes) is 7. The summed E-state index contributed by atoms with van der Waals surface area (Å²) < 4.78 is 0. The van der Waals surface area contributed by atoms with E-state index in [9.17, 15) is 4.79 Å². The van der Waals surface area contributed by atoms with Crippen LogP contribution in [0.1, 0.15) is 70.3 Å². The molecule has 0 saturated heterocycles. The minimum Gasteiger partial charge on any atom is -0.351 e. The van der Waals surface area contributed by atoms with Crippen molar-refractivity contribution in [2.45, 2.75) is 71.3 Å². The van der Waals surface area contributed by atoms with Crippen LogP contribution in [0.4, 0.5) is 5.69 Å². The fraction of sp³-hybridized carbons (Fsp3) is 0.458. The van der Waals surface area contributed by atoms with Gasteiger partial charge in [-0.15, -0.1) is 0 Å². The fourth-order valence-electron chi connectivity index (χ4n) is 3.75. The zero-order chi connectivity index (χ0) is 19.6. The third-order valence-corrected chi connectivity index (χ3v) is 5.33. The highest BCUT2D eigenvalue weighted by Crippen LogP contribution is 2.37. The first kappa shape index (κ1) is 20.4. The molecule has 0 spiro atoms. The van der Waals surface area contributed by atoms with Crippen molar-refractivity contribution in [2.75, 3.05) is 5.01 Å². The highest BCUT2D eigenvalue weighted by molar-refractivity contribution is 5.83. The molecule has 0 aliphatic carbocycles. The Hall–Kier alpha value is -2.33. The summed E-state index contributed by atoms with van der Waals surface area (Å²) in [5.41, 5.74) is 7.51. The molecule has 0 aromatic heterocycles. The summed E-state index contributed by atoms with van der Waals surface area (Å²) in [6.07, 6.45) is 10.2. The topological polar surface area (TPSA) is 41.6 Å². The van der Waals surface area contributed by atoms with Crippen molar-refractivity contribution in [2.24, 2.45) is 0 Å². The van der Waals surface area contributed by atoms with Gasteiger partial charge in [0.25, 0.3) is 0 Å². The van der Waals surface area contributed by atoms with E-state index in [1.165, 1.54) is 49.7 Å². The van der Waals surface area contributed by atoms with Crippen LogP contribution < -0.4 is 10.6 Å². The van der Waals surface area contributed by atoms with Gasteiger partial charge in [0.05, 0.1) is 12.2 Å². The molecule has 1 aliphatic heterocycles. The molecule has 0 bridgehead atoms. The number of benzene rings is 2. The highest BCUT2D eigenvalue weighted by atomic mass is 16.7. The predicted octanol–water partition coefficient (Wildman–Crippen LogP) is 6.17. The fourth-order valence-corrected chi connectivity index (χ4v) is 3.75. The Morgan fingerprint density at radius 3 is 2.32 bits per heavy atom. The van der Waals surface area contributed by atoms with Crippen molar-refractivity contribution in [1.29, 1.82) is 0 Å². The second kappa shape index (κ2) is 10.9. The van der Waals surface area contributed by atoms with Crippen molar-refractivity contribution in [3.05, 3.63) is 54.1 Å². The minimum atomic E-state index is -0.192. The van der Waals surface area contributed by atoms with Crippen molar-refractivity contribution in [3.8, 4) is 11.1 Å². The number of hydrogen-bond donors (Lipinski definition) is 1. The lowest BCUT2D eigenvalue weighted by atomic mass is 9.94. The summed E-state index contributed by atoms with van der Waals surface area (Å²) in [7, 11) is 0. The van der Waals surface area contributed by atoms with Gasteiger partial charge in [0, 0.05) is 12.0 Å². The lowest BCUT2D eigenvalue weighted by Gasteiger charge is -2.31. The van der Waals surface area contributed by atoms with Crippen LogP contribution in [0.3, 0.4) is 0 Å². The van der Waals surface area contributed by atoms with Crippen LogP contribution in [0.15, 0.2) is 48.5 Å². The average Bonchev–Trinajstić information content (AvgIpc) is 2.74. The molecule has 0 saturated carbocycles. The number of carbonyl (C=O) groups excluding carboxylic acids is 1. The van der Waals surface area contributed by atoms with E-state index in [1.807, 2.05) is 29.3 Å². The Morgan fingerprint density at radius 1 is 0.893 bits per heavy atom. The molecule has 2 aromatic carbocycles. The van der Waals surface area contributed by atoms with E-state index in [-0.39, 0.29) is 5.97 Å². The van der Waals surface area contributed by atoms with Crippen LogP contribution in [-0.2, 0) is 16.2 Å². The molecule has 1 heterocycles. The second-order valence-electron chi connectivity index (χ2n) is 7.55. The SMILES string of the molecule is CCCCCCCCCCC(=O)ONN1Cc2ccccc2-c2ccccc21. The first-order valence-electron chi connectivity index (χ1n) is 10.7. The molecule has 28 heavy (non-hydrogen) atoms. The van der Waals surface area contributed by atoms with Gasteiger partial charge in [0.15, 0.2) is 0 Å². The maximum atomic E-state index is 12.1. The van der Waals surface area contributed by atoms with Gasteiger partial charge in [0.1, 0.15) is 0 Å². The van der Waals surface area contributed by atoms with Crippen LogP contribution >= 0.6 is 0 Å². The van der Waals surface area contributed by atoms with Crippen LogP contribution in [0.25, 0.3) is 11.1 Å². The molecule has 1 N–H and O–H groups in total. The molecule has 0 amide bonds. The predicted molar refractivity (Wildman–Crippen MR) is 115 cm³/mol. The third-order valence-electron chi connectivity index (χ3n) is 5.33. The van der Waals surface area contributed by atoms with Gasteiger partial charge < -0.3 is 4.84 Å². The van der Waals surface area contributed by atoms with E-state index in [2.05, 4.69) is 36.8 Å². The van der Waals surface area contributed by atoms with E-state index >= 15 is 0 Å². The zero-order valence-corrected chi connectivity index (χ0v) is 17.0. The minimum absolute atomic E-state index is 0.192. The van der Waals surface area contributed by atoms with Crippen molar-refractivity contribution in [1.82, 2.24) is 5.59 Å². The summed E-state index contributed by atoms with van der Waals surface area (Å²) in [6, 6.07) is 16.5. The Kier molecular flexibility index (Phi) is 7.92. The molecule has 3 rings (SSSR count). The first-order chi connectivity index (χ1) is 13.8. The lowest BCUT2D eigenvalue weighted by Crippen LogP contribution is -2.40. The van der Waals surface area contributed by atoms with E-state index in [1.54, 1.807) is 0 Å². The second-order valence-corrected chi connectivity index (χ2v) is 7.55. The number of fused-ring (bicyclic) bond motifs is 3. The number of nitrogens with one attached hydrogen (secondary N) is 1. The molecule has 150 valence electrons. The van der Waals surface area contributed by atoms with Gasteiger partial charge in [-0.3, -0.25) is 9.80 Å². The van der Waals surface area contributed by atoms with Gasteiger partial charge in [0.2, 0.25) is 0 Å². The zero-order valence-electron chi connectivity index (χ0n) is 17.0. The number of carbonyl (C=O) groups is 1. The van der Waals surface area contributed by atoms with Crippen LogP contribution in [0.5, 0.6) is 0 Å². The Bertz CT molecular complexity index is 760.